The van der Waals surface area contributed by atoms with Crippen LogP contribution in [-0.4, -0.2) is 72.4 Å². The summed E-state index contributed by atoms with van der Waals surface area (Å²) in [6.07, 6.45) is 0.485. The van der Waals surface area contributed by atoms with Crippen molar-refractivity contribution in [1.82, 2.24) is 20.0 Å². The Balaban J connectivity index is 1.77. The lowest BCUT2D eigenvalue weighted by Gasteiger charge is -2.36. The van der Waals surface area contributed by atoms with Crippen LogP contribution in [0.5, 0.6) is 11.6 Å². The number of pyridine rings is 1. The molecule has 0 saturated heterocycles. The summed E-state index contributed by atoms with van der Waals surface area (Å²) in [5, 5.41) is 8.04. The summed E-state index contributed by atoms with van der Waals surface area (Å²) in [5.41, 5.74) is -1.04. The van der Waals surface area contributed by atoms with Crippen LogP contribution >= 0.6 is 0 Å². The lowest BCUT2D eigenvalue weighted by molar-refractivity contribution is -0.139. The van der Waals surface area contributed by atoms with Crippen LogP contribution in [0.3, 0.4) is 0 Å². The van der Waals surface area contributed by atoms with Crippen molar-refractivity contribution in [2.24, 2.45) is 11.8 Å². The molecule has 0 bridgehead atoms. The number of amides is 1. The van der Waals surface area contributed by atoms with Gasteiger partial charge < -0.3 is 23.8 Å². The van der Waals surface area contributed by atoms with Gasteiger partial charge in [0.05, 0.1) is 56.1 Å². The van der Waals surface area contributed by atoms with Gasteiger partial charge in [-0.3, -0.25) is 4.79 Å². The van der Waals surface area contributed by atoms with E-state index < -0.39 is 47.1 Å². The van der Waals surface area contributed by atoms with Crippen LogP contribution in [0, 0.1) is 24.6 Å². The highest BCUT2D eigenvalue weighted by atomic mass is 19.4. The highest BCUT2D eigenvalue weighted by Crippen LogP contribution is 2.40. The number of esters is 1. The van der Waals surface area contributed by atoms with E-state index in [1.54, 1.807) is 6.92 Å². The molecule has 0 aliphatic heterocycles. The number of alkyl halides is 3. The number of carbonyl (C=O) groups is 2. The summed E-state index contributed by atoms with van der Waals surface area (Å²) in [6, 6.07) is 1.81. The smallest absolute Gasteiger partial charge is 0.421 e. The number of anilines is 1. The van der Waals surface area contributed by atoms with Gasteiger partial charge in [0.1, 0.15) is 5.56 Å². The fourth-order valence-corrected chi connectivity index (χ4v) is 5.47. The molecule has 0 unspecified atom stereocenters. The number of halogens is 4. The molecule has 15 heteroatoms. The molecule has 0 radical (unpaired) electrons. The zero-order valence-electron chi connectivity index (χ0n) is 26.3. The van der Waals surface area contributed by atoms with Gasteiger partial charge in [-0.2, -0.15) is 28.2 Å². The molecule has 0 spiro atoms. The quantitative estimate of drug-likeness (QED) is 0.183. The Kier molecular flexibility index (Phi) is 11.3. The average Bonchev–Trinajstić information content (AvgIpc) is 3.42. The Morgan fingerprint density at radius 1 is 1.04 bits per heavy atom. The van der Waals surface area contributed by atoms with Crippen molar-refractivity contribution in [3.63, 3.8) is 0 Å². The molecule has 1 aromatic carbocycles. The molecule has 0 N–H and O–H groups in total. The van der Waals surface area contributed by atoms with E-state index in [-0.39, 0.29) is 42.5 Å². The Labute approximate surface area is 263 Å². The highest BCUT2D eigenvalue weighted by Gasteiger charge is 2.38. The molecule has 250 valence electrons. The topological polar surface area (TPSA) is 118 Å². The van der Waals surface area contributed by atoms with Crippen LogP contribution < -0.4 is 9.64 Å². The molecule has 3 aromatic rings. The maximum absolute atomic E-state index is 15.8. The molecule has 46 heavy (non-hydrogen) atoms. The van der Waals surface area contributed by atoms with Gasteiger partial charge in [0.25, 0.3) is 0 Å². The number of rotatable bonds is 12. The largest absolute Gasteiger partial charge is 0.465 e. The van der Waals surface area contributed by atoms with Gasteiger partial charge in [-0.15, -0.1) is 0 Å². The second-order valence-corrected chi connectivity index (χ2v) is 11.3. The second-order valence-electron chi connectivity index (χ2n) is 11.3. The van der Waals surface area contributed by atoms with E-state index in [2.05, 4.69) is 22.1 Å². The summed E-state index contributed by atoms with van der Waals surface area (Å²) in [5.74, 6) is -4.09. The van der Waals surface area contributed by atoms with Gasteiger partial charge in [0.2, 0.25) is 11.8 Å². The zero-order valence-corrected chi connectivity index (χ0v) is 26.3. The Morgan fingerprint density at radius 2 is 1.72 bits per heavy atom. The number of aryl methyl sites for hydroxylation is 1. The van der Waals surface area contributed by atoms with Gasteiger partial charge in [-0.05, 0) is 50.2 Å². The van der Waals surface area contributed by atoms with E-state index >= 15 is 4.39 Å². The predicted octanol–water partition coefficient (Wildman–Crippen LogP) is 5.59. The van der Waals surface area contributed by atoms with Gasteiger partial charge in [-0.25, -0.2) is 14.2 Å². The average molecular weight is 652 g/mol. The number of aromatic nitrogens is 4. The summed E-state index contributed by atoms with van der Waals surface area (Å²) in [6.45, 7) is 3.66. The van der Waals surface area contributed by atoms with Crippen LogP contribution in [0.15, 0.2) is 30.6 Å². The maximum Gasteiger partial charge on any atom is 0.421 e. The van der Waals surface area contributed by atoms with Crippen molar-refractivity contribution in [3.8, 4) is 11.6 Å². The second kappa shape index (κ2) is 15.0. The minimum atomic E-state index is -4.93. The summed E-state index contributed by atoms with van der Waals surface area (Å²) in [4.78, 5) is 33.4. The van der Waals surface area contributed by atoms with Crippen LogP contribution in [0.2, 0.25) is 0 Å². The zero-order chi connectivity index (χ0) is 33.6. The SMILES string of the molecule is COCC(COC)N(C(=O)C1CCC(C)CC1)c1cc(F)c(Oc2ncc(Cn3ncc(C)n3)cc2C(F)(F)F)cc1C(=O)OC. The molecule has 11 nitrogen and oxygen atoms in total. The number of hydrogen-bond acceptors (Lipinski definition) is 9. The highest BCUT2D eigenvalue weighted by molar-refractivity contribution is 6.04. The number of ether oxygens (including phenoxy) is 4. The van der Waals surface area contributed by atoms with Crippen LogP contribution in [0.1, 0.15) is 59.8 Å². The first-order valence-electron chi connectivity index (χ1n) is 14.7. The van der Waals surface area contributed by atoms with Crippen molar-refractivity contribution >= 4 is 17.6 Å². The molecule has 4 rings (SSSR count). The summed E-state index contributed by atoms with van der Waals surface area (Å²) in [7, 11) is 3.94. The predicted molar refractivity (Wildman–Crippen MR) is 157 cm³/mol. The summed E-state index contributed by atoms with van der Waals surface area (Å²) >= 11 is 0. The number of nitrogens with zero attached hydrogens (tertiary/aromatic N) is 5. The van der Waals surface area contributed by atoms with E-state index in [9.17, 15) is 22.8 Å². The fraction of sp³-hybridized carbons (Fsp3) is 0.516. The first kappa shape index (κ1) is 34.8. The van der Waals surface area contributed by atoms with Crippen molar-refractivity contribution in [2.45, 2.75) is 58.3 Å². The normalized spacial score (nSPS) is 16.8. The summed E-state index contributed by atoms with van der Waals surface area (Å²) < 4.78 is 79.2. The standard InChI is InChI=1S/C31H37F4N5O6/c1-18-6-8-21(9-7-18)29(41)40(22(16-43-3)17-44-4)26-12-25(32)27(11-23(26)30(42)45-5)46-28-24(31(33,34)35)10-20(14-36-28)15-39-37-13-19(2)38-39/h10-14,18,21-22H,6-9,15-17H2,1-5H3. The third kappa shape index (κ3) is 8.18. The minimum Gasteiger partial charge on any atom is -0.465 e. The van der Waals surface area contributed by atoms with Crippen LogP contribution in [0.25, 0.3) is 0 Å². The third-order valence-corrected chi connectivity index (χ3v) is 7.80. The van der Waals surface area contributed by atoms with E-state index in [1.165, 1.54) is 30.1 Å². The maximum atomic E-state index is 15.8. The first-order chi connectivity index (χ1) is 21.9. The lowest BCUT2D eigenvalue weighted by atomic mass is 9.82. The molecule has 1 aliphatic rings. The van der Waals surface area contributed by atoms with Crippen molar-refractivity contribution < 1.29 is 46.1 Å². The molecular formula is C31H37F4N5O6. The third-order valence-electron chi connectivity index (χ3n) is 7.80. The van der Waals surface area contributed by atoms with Gasteiger partial charge in [0, 0.05) is 38.5 Å². The number of methoxy groups -OCH3 is 3. The van der Waals surface area contributed by atoms with E-state index in [1.807, 2.05) is 0 Å². The van der Waals surface area contributed by atoms with Crippen molar-refractivity contribution in [1.29, 1.82) is 0 Å². The van der Waals surface area contributed by atoms with Gasteiger partial charge in [0.15, 0.2) is 11.6 Å². The fourth-order valence-electron chi connectivity index (χ4n) is 5.47. The van der Waals surface area contributed by atoms with E-state index in [4.69, 9.17) is 18.9 Å². The van der Waals surface area contributed by atoms with Crippen LogP contribution in [-0.2, 0) is 31.7 Å². The number of benzene rings is 1. The molecule has 1 aliphatic carbocycles. The van der Waals surface area contributed by atoms with E-state index in [0.717, 1.165) is 44.3 Å². The Bertz CT molecular complexity index is 1520. The monoisotopic (exact) mass is 651 g/mol. The van der Waals surface area contributed by atoms with Crippen molar-refractivity contribution in [3.05, 3.63) is 58.8 Å². The Hall–Kier alpha value is -4.11. The minimum absolute atomic E-state index is 0.0119. The van der Waals surface area contributed by atoms with Crippen LogP contribution in [0.4, 0.5) is 23.2 Å². The molecular weight excluding hydrogens is 614 g/mol. The number of hydrogen-bond donors (Lipinski definition) is 0. The lowest BCUT2D eigenvalue weighted by Crippen LogP contribution is -2.49. The first-order valence-corrected chi connectivity index (χ1v) is 14.7. The molecule has 2 heterocycles. The molecule has 1 amide bonds. The Morgan fingerprint density at radius 3 is 2.28 bits per heavy atom. The van der Waals surface area contributed by atoms with Gasteiger partial charge >= 0.3 is 12.1 Å². The van der Waals surface area contributed by atoms with Gasteiger partial charge in [-0.1, -0.05) is 6.92 Å². The number of carbonyl (C=O) groups excluding carboxylic acids is 2. The molecule has 0 atom stereocenters. The molecule has 2 aromatic heterocycles. The molecule has 1 fully saturated rings. The van der Waals surface area contributed by atoms with Crippen molar-refractivity contribution in [2.75, 3.05) is 39.4 Å². The molecule has 1 saturated carbocycles. The van der Waals surface area contributed by atoms with E-state index in [0.29, 0.717) is 24.5 Å².